The Hall–Kier alpha value is -0.843. The van der Waals surface area contributed by atoms with Crippen LogP contribution in [0.2, 0.25) is 19.6 Å². The zero-order valence-electron chi connectivity index (χ0n) is 11.1. The maximum Gasteiger partial charge on any atom is 0.315 e. The molecular formula is C11H23NO3Si. The molecule has 0 saturated carbocycles. The van der Waals surface area contributed by atoms with E-state index in [-0.39, 0.29) is 17.8 Å². The summed E-state index contributed by atoms with van der Waals surface area (Å²) >= 11 is 0. The average molecular weight is 245 g/mol. The Bertz CT molecular complexity index is 260. The third-order valence-corrected chi connectivity index (χ3v) is 3.05. The van der Waals surface area contributed by atoms with Crippen molar-refractivity contribution in [1.82, 2.24) is 5.32 Å². The molecule has 2 atom stereocenters. The van der Waals surface area contributed by atoms with Gasteiger partial charge in [0.25, 0.3) is 0 Å². The van der Waals surface area contributed by atoms with Crippen molar-refractivity contribution in [2.75, 3.05) is 0 Å². The molecular weight excluding hydrogens is 222 g/mol. The van der Waals surface area contributed by atoms with Crippen molar-refractivity contribution in [3.8, 4) is 0 Å². The van der Waals surface area contributed by atoms with Gasteiger partial charge in [-0.25, -0.2) is 0 Å². The molecule has 16 heavy (non-hydrogen) atoms. The van der Waals surface area contributed by atoms with Gasteiger partial charge in [0.05, 0.1) is 0 Å². The number of hydrogen-bond donors (Lipinski definition) is 1. The molecule has 0 aliphatic heterocycles. The fourth-order valence-electron chi connectivity index (χ4n) is 1.25. The minimum absolute atomic E-state index is 0.0905. The van der Waals surface area contributed by atoms with Gasteiger partial charge in [-0.05, 0) is 25.6 Å². The molecule has 0 unspecified atom stereocenters. The standard InChI is InChI=1S/C11H23NO3Si/c1-7-8(2)10(12-9(3)13)11(14)15-16(4,5)6/h8,10H,7H2,1-6H3,(H,12,13)/t8-,10+/m0/s1. The predicted molar refractivity (Wildman–Crippen MR) is 66.5 cm³/mol. The second-order valence-corrected chi connectivity index (χ2v) is 9.53. The van der Waals surface area contributed by atoms with Crippen molar-refractivity contribution in [2.24, 2.45) is 5.92 Å². The lowest BCUT2D eigenvalue weighted by Crippen LogP contribution is -2.48. The lowest BCUT2D eigenvalue weighted by Gasteiger charge is -2.26. The first-order valence-corrected chi connectivity index (χ1v) is 9.08. The summed E-state index contributed by atoms with van der Waals surface area (Å²) in [5.74, 6) is -0.408. The number of carbonyl (C=O) groups is 2. The zero-order valence-corrected chi connectivity index (χ0v) is 12.1. The van der Waals surface area contributed by atoms with E-state index in [4.69, 9.17) is 4.43 Å². The fourth-order valence-corrected chi connectivity index (χ4v) is 1.98. The van der Waals surface area contributed by atoms with Crippen LogP contribution in [0.4, 0.5) is 0 Å². The quantitative estimate of drug-likeness (QED) is 0.753. The number of amides is 1. The molecule has 4 nitrogen and oxygen atoms in total. The van der Waals surface area contributed by atoms with Gasteiger partial charge < -0.3 is 9.74 Å². The molecule has 0 aromatic heterocycles. The summed E-state index contributed by atoms with van der Waals surface area (Å²) in [5.41, 5.74) is 0. The summed E-state index contributed by atoms with van der Waals surface area (Å²) in [4.78, 5) is 22.9. The van der Waals surface area contributed by atoms with Crippen molar-refractivity contribution in [3.05, 3.63) is 0 Å². The van der Waals surface area contributed by atoms with Crippen molar-refractivity contribution >= 4 is 20.2 Å². The van der Waals surface area contributed by atoms with Crippen LogP contribution in [0, 0.1) is 5.92 Å². The maximum absolute atomic E-state index is 11.9. The molecule has 0 heterocycles. The van der Waals surface area contributed by atoms with E-state index < -0.39 is 14.4 Å². The molecule has 94 valence electrons. The van der Waals surface area contributed by atoms with Crippen molar-refractivity contribution < 1.29 is 14.0 Å². The molecule has 0 aliphatic carbocycles. The van der Waals surface area contributed by atoms with E-state index in [0.717, 1.165) is 6.42 Å². The molecule has 1 amide bonds. The summed E-state index contributed by atoms with van der Waals surface area (Å²) in [7, 11) is -1.89. The molecule has 0 aromatic rings. The Labute approximate surface area is 98.9 Å². The molecule has 0 saturated heterocycles. The molecule has 0 aliphatic rings. The lowest BCUT2D eigenvalue weighted by molar-refractivity contribution is -0.141. The van der Waals surface area contributed by atoms with Crippen molar-refractivity contribution in [1.29, 1.82) is 0 Å². The number of carbonyl (C=O) groups excluding carboxylic acids is 2. The highest BCUT2D eigenvalue weighted by Gasteiger charge is 2.30. The second kappa shape index (κ2) is 6.03. The summed E-state index contributed by atoms with van der Waals surface area (Å²) in [6, 6.07) is -0.519. The first-order valence-electron chi connectivity index (χ1n) is 5.67. The van der Waals surface area contributed by atoms with E-state index in [1.807, 2.05) is 33.5 Å². The van der Waals surface area contributed by atoms with Gasteiger partial charge in [-0.15, -0.1) is 0 Å². The highest BCUT2D eigenvalue weighted by atomic mass is 28.4. The summed E-state index contributed by atoms with van der Waals surface area (Å²) in [5, 5.41) is 2.66. The van der Waals surface area contributed by atoms with E-state index in [9.17, 15) is 9.59 Å². The van der Waals surface area contributed by atoms with Crippen LogP contribution in [0.15, 0.2) is 0 Å². The normalized spacial score (nSPS) is 15.1. The van der Waals surface area contributed by atoms with E-state index in [1.165, 1.54) is 6.92 Å². The summed E-state index contributed by atoms with van der Waals surface area (Å²) in [6.07, 6.45) is 0.825. The van der Waals surface area contributed by atoms with Gasteiger partial charge in [-0.1, -0.05) is 20.3 Å². The molecule has 0 aromatic carbocycles. The van der Waals surface area contributed by atoms with Gasteiger partial charge >= 0.3 is 5.97 Å². The molecule has 0 radical (unpaired) electrons. The van der Waals surface area contributed by atoms with E-state index >= 15 is 0 Å². The molecule has 0 rings (SSSR count). The average Bonchev–Trinajstić information content (AvgIpc) is 2.09. The number of hydrogen-bond acceptors (Lipinski definition) is 3. The molecule has 5 heteroatoms. The minimum Gasteiger partial charge on any atom is -0.518 e. The largest absolute Gasteiger partial charge is 0.518 e. The van der Waals surface area contributed by atoms with Crippen LogP contribution >= 0.6 is 0 Å². The van der Waals surface area contributed by atoms with E-state index in [1.54, 1.807) is 0 Å². The topological polar surface area (TPSA) is 55.4 Å². The van der Waals surface area contributed by atoms with Crippen LogP contribution < -0.4 is 5.32 Å². The van der Waals surface area contributed by atoms with Crippen LogP contribution in [-0.4, -0.2) is 26.2 Å². The Kier molecular flexibility index (Phi) is 5.71. The van der Waals surface area contributed by atoms with Crippen LogP contribution in [0.5, 0.6) is 0 Å². The summed E-state index contributed by atoms with van der Waals surface area (Å²) < 4.78 is 5.41. The van der Waals surface area contributed by atoms with Crippen molar-refractivity contribution in [3.63, 3.8) is 0 Å². The SMILES string of the molecule is CC[C@H](C)[C@@H](NC(C)=O)C(=O)O[Si](C)(C)C. The fraction of sp³-hybridized carbons (Fsp3) is 0.818. The smallest absolute Gasteiger partial charge is 0.315 e. The molecule has 0 fully saturated rings. The maximum atomic E-state index is 11.9. The first-order chi connectivity index (χ1) is 7.17. The highest BCUT2D eigenvalue weighted by molar-refractivity contribution is 6.71. The third kappa shape index (κ3) is 5.90. The first kappa shape index (κ1) is 15.2. The van der Waals surface area contributed by atoms with Crippen LogP contribution in [0.3, 0.4) is 0 Å². The second-order valence-electron chi connectivity index (χ2n) is 5.10. The van der Waals surface area contributed by atoms with Crippen LogP contribution in [0.25, 0.3) is 0 Å². The van der Waals surface area contributed by atoms with Gasteiger partial charge in [0.15, 0.2) is 0 Å². The Morgan fingerprint density at radius 2 is 1.81 bits per heavy atom. The zero-order chi connectivity index (χ0) is 12.9. The third-order valence-electron chi connectivity index (χ3n) is 2.23. The van der Waals surface area contributed by atoms with Crippen LogP contribution in [-0.2, 0) is 14.0 Å². The van der Waals surface area contributed by atoms with Gasteiger partial charge in [-0.2, -0.15) is 0 Å². The van der Waals surface area contributed by atoms with Crippen molar-refractivity contribution in [2.45, 2.75) is 52.9 Å². The monoisotopic (exact) mass is 245 g/mol. The highest BCUT2D eigenvalue weighted by Crippen LogP contribution is 2.13. The number of rotatable bonds is 5. The number of nitrogens with one attached hydrogen (secondary N) is 1. The van der Waals surface area contributed by atoms with E-state index in [2.05, 4.69) is 5.32 Å². The van der Waals surface area contributed by atoms with Gasteiger partial charge in [0.2, 0.25) is 14.2 Å². The summed E-state index contributed by atoms with van der Waals surface area (Å²) in [6.45, 7) is 11.2. The Morgan fingerprint density at radius 3 is 2.12 bits per heavy atom. The Morgan fingerprint density at radius 1 is 1.31 bits per heavy atom. The van der Waals surface area contributed by atoms with E-state index in [0.29, 0.717) is 0 Å². The molecule has 1 N–H and O–H groups in total. The lowest BCUT2D eigenvalue weighted by atomic mass is 9.99. The molecule has 0 bridgehead atoms. The van der Waals surface area contributed by atoms with Gasteiger partial charge in [0.1, 0.15) is 6.04 Å². The van der Waals surface area contributed by atoms with Crippen LogP contribution in [0.1, 0.15) is 27.2 Å². The van der Waals surface area contributed by atoms with Gasteiger partial charge in [0, 0.05) is 6.92 Å². The minimum atomic E-state index is -1.89. The van der Waals surface area contributed by atoms with Gasteiger partial charge in [-0.3, -0.25) is 9.59 Å². The molecule has 0 spiro atoms. The predicted octanol–water partition coefficient (Wildman–Crippen LogP) is 1.92. The Balaban J connectivity index is 4.63.